The molecule has 1 aliphatic rings. The molecule has 1 aliphatic heterocycles. The standard InChI is InChI=1S/C8H10N4O/c9-7(13)5-3-6-8(12-4-5)11-2-1-10-6/h3-4,10H,1-2H2,(H2,9,13)(H,11,12). The summed E-state index contributed by atoms with van der Waals surface area (Å²) in [6, 6.07) is 1.71. The number of rotatable bonds is 1. The third-order valence-corrected chi connectivity index (χ3v) is 1.91. The Bertz CT molecular complexity index is 350. The Morgan fingerprint density at radius 1 is 1.46 bits per heavy atom. The number of carbonyl (C=O) groups excluding carboxylic acids is 1. The van der Waals surface area contributed by atoms with Gasteiger partial charge in [-0.05, 0) is 6.07 Å². The Balaban J connectivity index is 2.40. The van der Waals surface area contributed by atoms with Crippen LogP contribution in [0.1, 0.15) is 10.4 Å². The molecule has 0 spiro atoms. The van der Waals surface area contributed by atoms with Crippen LogP contribution in [0.4, 0.5) is 11.5 Å². The number of amides is 1. The van der Waals surface area contributed by atoms with Gasteiger partial charge in [-0.15, -0.1) is 0 Å². The SMILES string of the molecule is NC(=O)c1cnc2c(c1)NCCN2. The molecular formula is C8H10N4O. The van der Waals surface area contributed by atoms with Crippen molar-refractivity contribution in [3.63, 3.8) is 0 Å². The third kappa shape index (κ3) is 1.40. The summed E-state index contributed by atoms with van der Waals surface area (Å²) in [4.78, 5) is 14.9. The molecule has 1 aromatic heterocycles. The second kappa shape index (κ2) is 2.93. The Labute approximate surface area is 75.3 Å². The number of anilines is 2. The Morgan fingerprint density at radius 2 is 2.23 bits per heavy atom. The fourth-order valence-electron chi connectivity index (χ4n) is 1.25. The normalized spacial score (nSPS) is 13.8. The molecule has 0 saturated carbocycles. The highest BCUT2D eigenvalue weighted by Gasteiger charge is 2.10. The van der Waals surface area contributed by atoms with E-state index >= 15 is 0 Å². The molecule has 0 radical (unpaired) electrons. The highest BCUT2D eigenvalue weighted by atomic mass is 16.1. The van der Waals surface area contributed by atoms with Crippen molar-refractivity contribution in [2.75, 3.05) is 23.7 Å². The molecule has 13 heavy (non-hydrogen) atoms. The van der Waals surface area contributed by atoms with E-state index < -0.39 is 5.91 Å². The molecule has 0 atom stereocenters. The first-order valence-corrected chi connectivity index (χ1v) is 4.05. The Kier molecular flexibility index (Phi) is 1.77. The first kappa shape index (κ1) is 7.85. The van der Waals surface area contributed by atoms with Gasteiger partial charge in [0.2, 0.25) is 5.91 Å². The van der Waals surface area contributed by atoms with Gasteiger partial charge in [0, 0.05) is 19.3 Å². The molecule has 5 heteroatoms. The largest absolute Gasteiger partial charge is 0.380 e. The number of hydrogen-bond donors (Lipinski definition) is 3. The minimum absolute atomic E-state index is 0.426. The maximum absolute atomic E-state index is 10.8. The van der Waals surface area contributed by atoms with E-state index in [0.717, 1.165) is 24.6 Å². The van der Waals surface area contributed by atoms with Crippen LogP contribution >= 0.6 is 0 Å². The predicted molar refractivity (Wildman–Crippen MR) is 49.7 cm³/mol. The van der Waals surface area contributed by atoms with Crippen molar-refractivity contribution in [3.05, 3.63) is 17.8 Å². The van der Waals surface area contributed by atoms with E-state index in [0.29, 0.717) is 5.56 Å². The van der Waals surface area contributed by atoms with Crippen LogP contribution in [-0.2, 0) is 0 Å². The number of fused-ring (bicyclic) bond motifs is 1. The summed E-state index contributed by atoms with van der Waals surface area (Å²) in [5.41, 5.74) is 6.38. The lowest BCUT2D eigenvalue weighted by atomic mass is 10.2. The highest BCUT2D eigenvalue weighted by Crippen LogP contribution is 2.21. The summed E-state index contributed by atoms with van der Waals surface area (Å²) in [7, 11) is 0. The van der Waals surface area contributed by atoms with E-state index in [1.54, 1.807) is 6.07 Å². The van der Waals surface area contributed by atoms with Crippen molar-refractivity contribution in [1.29, 1.82) is 0 Å². The van der Waals surface area contributed by atoms with Crippen LogP contribution in [0, 0.1) is 0 Å². The zero-order valence-corrected chi connectivity index (χ0v) is 7.00. The molecule has 2 rings (SSSR count). The van der Waals surface area contributed by atoms with Gasteiger partial charge in [0.05, 0.1) is 11.3 Å². The van der Waals surface area contributed by atoms with E-state index in [-0.39, 0.29) is 0 Å². The lowest BCUT2D eigenvalue weighted by Gasteiger charge is -2.18. The minimum atomic E-state index is -0.456. The molecule has 68 valence electrons. The van der Waals surface area contributed by atoms with Gasteiger partial charge in [0.15, 0.2) is 0 Å². The van der Waals surface area contributed by atoms with E-state index in [9.17, 15) is 4.79 Å². The van der Waals surface area contributed by atoms with Gasteiger partial charge < -0.3 is 16.4 Å². The topological polar surface area (TPSA) is 80.0 Å². The lowest BCUT2D eigenvalue weighted by Crippen LogP contribution is -2.22. The van der Waals surface area contributed by atoms with Gasteiger partial charge in [-0.25, -0.2) is 4.98 Å². The average molecular weight is 178 g/mol. The zero-order valence-electron chi connectivity index (χ0n) is 7.00. The zero-order chi connectivity index (χ0) is 9.26. The molecule has 5 nitrogen and oxygen atoms in total. The molecule has 1 amide bonds. The lowest BCUT2D eigenvalue weighted by molar-refractivity contribution is 0.1000. The van der Waals surface area contributed by atoms with Gasteiger partial charge in [0.25, 0.3) is 0 Å². The summed E-state index contributed by atoms with van der Waals surface area (Å²) in [5.74, 6) is 0.318. The fraction of sp³-hybridized carbons (Fsp3) is 0.250. The molecule has 0 unspecified atom stereocenters. The first-order chi connectivity index (χ1) is 6.27. The van der Waals surface area contributed by atoms with Crippen LogP contribution in [0.5, 0.6) is 0 Å². The van der Waals surface area contributed by atoms with Crippen molar-refractivity contribution >= 4 is 17.4 Å². The van der Waals surface area contributed by atoms with E-state index in [4.69, 9.17) is 5.73 Å². The van der Waals surface area contributed by atoms with Gasteiger partial charge in [-0.3, -0.25) is 4.79 Å². The summed E-state index contributed by atoms with van der Waals surface area (Å²) >= 11 is 0. The van der Waals surface area contributed by atoms with E-state index in [2.05, 4.69) is 15.6 Å². The predicted octanol–water partition coefficient (Wildman–Crippen LogP) is 0.0179. The number of nitrogens with zero attached hydrogens (tertiary/aromatic N) is 1. The van der Waals surface area contributed by atoms with Crippen LogP contribution in [0.15, 0.2) is 12.3 Å². The average Bonchev–Trinajstić information content (AvgIpc) is 2.17. The number of nitrogens with one attached hydrogen (secondary N) is 2. The number of aromatic nitrogens is 1. The first-order valence-electron chi connectivity index (χ1n) is 4.05. The van der Waals surface area contributed by atoms with E-state index in [1.807, 2.05) is 0 Å². The molecular weight excluding hydrogens is 168 g/mol. The second-order valence-corrected chi connectivity index (χ2v) is 2.84. The van der Waals surface area contributed by atoms with Crippen LogP contribution in [0.2, 0.25) is 0 Å². The number of hydrogen-bond acceptors (Lipinski definition) is 4. The molecule has 0 aliphatic carbocycles. The summed E-state index contributed by atoms with van der Waals surface area (Å²) < 4.78 is 0. The van der Waals surface area contributed by atoms with Gasteiger partial charge in [-0.2, -0.15) is 0 Å². The van der Waals surface area contributed by atoms with Crippen molar-refractivity contribution < 1.29 is 4.79 Å². The number of carbonyl (C=O) groups is 1. The Hall–Kier alpha value is -1.78. The molecule has 4 N–H and O–H groups in total. The van der Waals surface area contributed by atoms with E-state index in [1.165, 1.54) is 6.20 Å². The number of nitrogens with two attached hydrogens (primary N) is 1. The maximum atomic E-state index is 10.8. The van der Waals surface area contributed by atoms with Crippen molar-refractivity contribution in [1.82, 2.24) is 4.98 Å². The maximum Gasteiger partial charge on any atom is 0.250 e. The molecule has 0 saturated heterocycles. The van der Waals surface area contributed by atoms with Crippen LogP contribution in [0.3, 0.4) is 0 Å². The molecule has 0 bridgehead atoms. The quantitative estimate of drug-likeness (QED) is 0.566. The summed E-state index contributed by atoms with van der Waals surface area (Å²) in [6.45, 7) is 1.67. The monoisotopic (exact) mass is 178 g/mol. The van der Waals surface area contributed by atoms with Crippen molar-refractivity contribution in [3.8, 4) is 0 Å². The number of primary amides is 1. The Morgan fingerprint density at radius 3 is 3.00 bits per heavy atom. The number of pyridine rings is 1. The molecule has 2 heterocycles. The second-order valence-electron chi connectivity index (χ2n) is 2.84. The summed E-state index contributed by atoms with van der Waals surface area (Å²) in [5, 5.41) is 6.23. The van der Waals surface area contributed by atoms with Gasteiger partial charge in [-0.1, -0.05) is 0 Å². The smallest absolute Gasteiger partial charge is 0.250 e. The minimum Gasteiger partial charge on any atom is -0.380 e. The van der Waals surface area contributed by atoms with Gasteiger partial charge in [0.1, 0.15) is 5.82 Å². The van der Waals surface area contributed by atoms with Crippen LogP contribution in [0.25, 0.3) is 0 Å². The summed E-state index contributed by atoms with van der Waals surface area (Å²) in [6.07, 6.45) is 1.47. The van der Waals surface area contributed by atoms with Crippen LogP contribution in [-0.4, -0.2) is 24.0 Å². The van der Waals surface area contributed by atoms with Gasteiger partial charge >= 0.3 is 0 Å². The molecule has 0 fully saturated rings. The van der Waals surface area contributed by atoms with Crippen molar-refractivity contribution in [2.24, 2.45) is 5.73 Å². The molecule has 1 aromatic rings. The van der Waals surface area contributed by atoms with Crippen LogP contribution < -0.4 is 16.4 Å². The third-order valence-electron chi connectivity index (χ3n) is 1.91. The fourth-order valence-corrected chi connectivity index (χ4v) is 1.25. The highest BCUT2D eigenvalue weighted by molar-refractivity contribution is 5.94. The van der Waals surface area contributed by atoms with Crippen molar-refractivity contribution in [2.45, 2.75) is 0 Å². The molecule has 0 aromatic carbocycles.